The molecule has 0 atom stereocenters. The van der Waals surface area contributed by atoms with Gasteiger partial charge in [0.05, 0.1) is 41.3 Å². The van der Waals surface area contributed by atoms with E-state index >= 15 is 0 Å². The minimum absolute atomic E-state index is 0. The number of rotatable bonds is 30. The Bertz CT molecular complexity index is 2290. The second-order valence-corrected chi connectivity index (χ2v) is 14.5. The number of allylic oxidation sites excluding steroid dienone is 4. The van der Waals surface area contributed by atoms with Crippen molar-refractivity contribution in [2.45, 2.75) is 12.8 Å². The van der Waals surface area contributed by atoms with Gasteiger partial charge in [-0.2, -0.15) is 0 Å². The molecule has 0 aliphatic rings. The quantitative estimate of drug-likeness (QED) is 0.0312. The summed E-state index contributed by atoms with van der Waals surface area (Å²) in [6.07, 6.45) is 7.54. The molecule has 0 amide bonds. The fourth-order valence-corrected chi connectivity index (χ4v) is 6.47. The van der Waals surface area contributed by atoms with E-state index < -0.39 is 36.0 Å². The van der Waals surface area contributed by atoms with Crippen LogP contribution >= 0.6 is 12.4 Å². The zero-order valence-electron chi connectivity index (χ0n) is 38.8. The number of hydrogen-bond donors (Lipinski definition) is 4. The topological polar surface area (TPSA) is 246 Å². The molecular weight excluding hydrogens is 895 g/mol. The Kier molecular flexibility index (Phi) is 24.2. The molecule has 362 valence electrons. The second kappa shape index (κ2) is 29.7. The minimum Gasteiger partial charge on any atom is -0.493 e. The van der Waals surface area contributed by atoms with Gasteiger partial charge in [0.25, 0.3) is 0 Å². The fourth-order valence-electron chi connectivity index (χ4n) is 6.47. The molecule has 0 unspecified atom stereocenters. The average Bonchev–Trinajstić information content (AvgIpc) is 3.34. The molecule has 0 saturated heterocycles. The highest BCUT2D eigenvalue weighted by molar-refractivity contribution is 6.79. The lowest BCUT2D eigenvalue weighted by atomic mass is 9.57. The number of halogens is 1. The highest BCUT2D eigenvalue weighted by Crippen LogP contribution is 2.35. The molecule has 0 heterocycles. The molecular formula is C50H60BClN4O12. The van der Waals surface area contributed by atoms with Crippen LogP contribution in [0.4, 0.5) is 0 Å². The molecule has 4 aromatic carbocycles. The van der Waals surface area contributed by atoms with Gasteiger partial charge < -0.3 is 60.8 Å². The summed E-state index contributed by atoms with van der Waals surface area (Å²) in [5.74, 6) is 1.51. The second-order valence-electron chi connectivity index (χ2n) is 14.5. The molecule has 0 saturated carbocycles. The monoisotopic (exact) mass is 954 g/mol. The molecule has 68 heavy (non-hydrogen) atoms. The molecule has 0 aliphatic carbocycles. The molecule has 8 N–H and O–H groups in total. The van der Waals surface area contributed by atoms with Gasteiger partial charge in [-0.3, -0.25) is 19.2 Å². The van der Waals surface area contributed by atoms with Crippen molar-refractivity contribution >= 4 is 65.9 Å². The summed E-state index contributed by atoms with van der Waals surface area (Å²) in [6, 6.07) is 20.5. The number of ketones is 4. The summed E-state index contributed by atoms with van der Waals surface area (Å²) in [6.45, 7) is 2.25. The van der Waals surface area contributed by atoms with E-state index in [0.717, 1.165) is 0 Å². The number of methoxy groups -OCH3 is 4. The van der Waals surface area contributed by atoms with E-state index in [2.05, 4.69) is 0 Å². The maximum absolute atomic E-state index is 13.8. The zero-order valence-corrected chi connectivity index (χ0v) is 39.6. The maximum atomic E-state index is 13.8. The van der Waals surface area contributed by atoms with Gasteiger partial charge in [-0.1, -0.05) is 47.4 Å². The molecule has 0 spiro atoms. The first-order chi connectivity index (χ1) is 32.5. The lowest BCUT2D eigenvalue weighted by molar-refractivity contribution is -0.123. The SMILES string of the molecule is COc1cc(/C=C/C(=O)CC(=O)/C=C(\B/C(=C\C(=O)CC(=O)/C=C/c2ccc(OCCN)c(OC)c2)c2ccc(OCCN)c(OC)c2)c2ccc(OCCN)c(OC)c2)ccc1OCCN.Cl. The zero-order chi connectivity index (χ0) is 48.6. The Morgan fingerprint density at radius 3 is 1.06 bits per heavy atom. The summed E-state index contributed by atoms with van der Waals surface area (Å²) < 4.78 is 44.9. The lowest BCUT2D eigenvalue weighted by Gasteiger charge is -2.16. The molecule has 18 heteroatoms. The normalized spacial score (nSPS) is 11.4. The van der Waals surface area contributed by atoms with Crippen LogP contribution in [0, 0.1) is 0 Å². The number of carbonyl (C=O) groups excluding carboxylic acids is 4. The summed E-state index contributed by atoms with van der Waals surface area (Å²) in [5.41, 5.74) is 25.7. The highest BCUT2D eigenvalue weighted by Gasteiger charge is 2.19. The summed E-state index contributed by atoms with van der Waals surface area (Å²) in [4.78, 5) is 54.2. The molecule has 0 aliphatic heterocycles. The van der Waals surface area contributed by atoms with Gasteiger partial charge in [0.15, 0.2) is 76.4 Å². The first kappa shape index (κ1) is 55.4. The van der Waals surface area contributed by atoms with Crippen molar-refractivity contribution in [2.75, 3.05) is 81.0 Å². The van der Waals surface area contributed by atoms with Crippen LogP contribution in [-0.4, -0.2) is 111 Å². The van der Waals surface area contributed by atoms with Gasteiger partial charge in [-0.25, -0.2) is 0 Å². The van der Waals surface area contributed by atoms with E-state index in [9.17, 15) is 19.2 Å². The Morgan fingerprint density at radius 1 is 0.441 bits per heavy atom. The third-order valence-corrected chi connectivity index (χ3v) is 9.62. The predicted octanol–water partition coefficient (Wildman–Crippen LogP) is 4.79. The van der Waals surface area contributed by atoms with Crippen LogP contribution in [0.3, 0.4) is 0 Å². The van der Waals surface area contributed by atoms with E-state index in [0.29, 0.717) is 105 Å². The van der Waals surface area contributed by atoms with Gasteiger partial charge in [0, 0.05) is 26.2 Å². The smallest absolute Gasteiger partial charge is 0.194 e. The Labute approximate surface area is 403 Å². The van der Waals surface area contributed by atoms with Crippen molar-refractivity contribution in [3.05, 3.63) is 119 Å². The summed E-state index contributed by atoms with van der Waals surface area (Å²) in [7, 11) is 5.93. The van der Waals surface area contributed by atoms with E-state index in [1.54, 1.807) is 84.9 Å². The number of ether oxygens (including phenoxy) is 8. The van der Waals surface area contributed by atoms with Gasteiger partial charge in [-0.05, 0) is 95.1 Å². The fraction of sp³-hybridized carbons (Fsp3) is 0.280. The van der Waals surface area contributed by atoms with Gasteiger partial charge in [0.1, 0.15) is 26.4 Å². The van der Waals surface area contributed by atoms with Gasteiger partial charge in [0.2, 0.25) is 0 Å². The van der Waals surface area contributed by atoms with Crippen molar-refractivity contribution < 1.29 is 57.1 Å². The first-order valence-electron chi connectivity index (χ1n) is 21.4. The predicted molar refractivity (Wildman–Crippen MR) is 268 cm³/mol. The molecule has 4 aromatic rings. The van der Waals surface area contributed by atoms with Crippen LogP contribution in [0.5, 0.6) is 46.0 Å². The van der Waals surface area contributed by atoms with Crippen LogP contribution < -0.4 is 60.8 Å². The van der Waals surface area contributed by atoms with Crippen LogP contribution in [0.2, 0.25) is 0 Å². The van der Waals surface area contributed by atoms with Crippen molar-refractivity contribution in [1.29, 1.82) is 0 Å². The van der Waals surface area contributed by atoms with Crippen molar-refractivity contribution in [2.24, 2.45) is 22.9 Å². The summed E-state index contributed by atoms with van der Waals surface area (Å²) in [5, 5.41) is 0. The van der Waals surface area contributed by atoms with Crippen molar-refractivity contribution in [3.63, 3.8) is 0 Å². The maximum Gasteiger partial charge on any atom is 0.194 e. The van der Waals surface area contributed by atoms with Gasteiger partial charge >= 0.3 is 0 Å². The molecule has 4 rings (SSSR count). The molecule has 0 radical (unpaired) electrons. The molecule has 0 bridgehead atoms. The van der Waals surface area contributed by atoms with Crippen LogP contribution in [-0.2, 0) is 19.2 Å². The number of nitrogens with two attached hydrogens (primary N) is 4. The highest BCUT2D eigenvalue weighted by atomic mass is 35.5. The average molecular weight is 955 g/mol. The number of benzene rings is 4. The molecule has 16 nitrogen and oxygen atoms in total. The number of carbonyl (C=O) groups is 4. The third kappa shape index (κ3) is 17.4. The third-order valence-electron chi connectivity index (χ3n) is 9.62. The van der Waals surface area contributed by atoms with Crippen molar-refractivity contribution in [1.82, 2.24) is 0 Å². The number of hydrogen-bond acceptors (Lipinski definition) is 16. The van der Waals surface area contributed by atoms with Gasteiger partial charge in [-0.15, -0.1) is 12.4 Å². The minimum atomic E-state index is -0.514. The molecule has 0 fully saturated rings. The first-order valence-corrected chi connectivity index (χ1v) is 21.4. The largest absolute Gasteiger partial charge is 0.493 e. The lowest BCUT2D eigenvalue weighted by Crippen LogP contribution is -2.12. The van der Waals surface area contributed by atoms with Crippen LogP contribution in [0.1, 0.15) is 35.1 Å². The van der Waals surface area contributed by atoms with E-state index in [1.165, 1.54) is 52.7 Å². The van der Waals surface area contributed by atoms with Crippen LogP contribution in [0.15, 0.2) is 97.1 Å². The Balaban J connectivity index is 0.0000122. The van der Waals surface area contributed by atoms with E-state index in [4.69, 9.17) is 60.8 Å². The summed E-state index contributed by atoms with van der Waals surface area (Å²) >= 11 is 0. The Morgan fingerprint density at radius 2 is 0.750 bits per heavy atom. The Hall–Kier alpha value is -6.89. The van der Waals surface area contributed by atoms with Crippen LogP contribution in [0.25, 0.3) is 23.1 Å². The van der Waals surface area contributed by atoms with Crippen molar-refractivity contribution in [3.8, 4) is 46.0 Å². The molecule has 0 aromatic heterocycles. The van der Waals surface area contributed by atoms with E-state index in [-0.39, 0.29) is 46.0 Å². The van der Waals surface area contributed by atoms with E-state index in [1.807, 2.05) is 0 Å². The standard InChI is InChI=1S/C50H59BN4O12.ClH/c1-60-47-25-33(7-13-43(47)64-21-17-52)5-11-37(56)29-39(58)31-41(35-9-15-45(66-23-19-54)49(27-35)62-3)51-42(36-10-16-46(67-24-20-55)50(28-36)63-4)32-40(59)30-38(57)12-6-34-8-14-44(65-22-18-53)48(26-34)61-2;/h5-16,25-28,31-32,51H,17-24,29-30,52-55H2,1-4H3;1H/b11-5+,12-6+,41-31-,42-32-;.